The number of rotatable bonds is 11. The van der Waals surface area contributed by atoms with E-state index in [1.807, 2.05) is 72.8 Å². The number of nitro groups is 1. The van der Waals surface area contributed by atoms with Crippen molar-refractivity contribution in [1.29, 1.82) is 0 Å². The highest BCUT2D eigenvalue weighted by atomic mass is 16.7. The molecule has 0 aliphatic carbocycles. The molecule has 53 heavy (non-hydrogen) atoms. The van der Waals surface area contributed by atoms with Gasteiger partial charge >= 0.3 is 0 Å². The van der Waals surface area contributed by atoms with Crippen LogP contribution in [0.1, 0.15) is 51.9 Å². The van der Waals surface area contributed by atoms with Gasteiger partial charge in [0, 0.05) is 74.1 Å². The van der Waals surface area contributed by atoms with Gasteiger partial charge in [-0.25, -0.2) is 0 Å². The summed E-state index contributed by atoms with van der Waals surface area (Å²) in [4.78, 5) is 28.2. The molecule has 272 valence electrons. The zero-order valence-corrected chi connectivity index (χ0v) is 29.7. The van der Waals surface area contributed by atoms with E-state index in [4.69, 9.17) is 9.47 Å². The van der Waals surface area contributed by atoms with Crippen molar-refractivity contribution in [2.75, 3.05) is 37.6 Å². The first-order valence-electron chi connectivity index (χ1n) is 18.1. The predicted molar refractivity (Wildman–Crippen MR) is 204 cm³/mol. The van der Waals surface area contributed by atoms with Gasteiger partial charge in [0.05, 0.1) is 23.7 Å². The van der Waals surface area contributed by atoms with E-state index >= 15 is 0 Å². The molecule has 2 N–H and O–H groups in total. The summed E-state index contributed by atoms with van der Waals surface area (Å²) in [6.45, 7) is 6.59. The number of nitrogens with one attached hydrogen (secondary N) is 1. The first-order valence-corrected chi connectivity index (χ1v) is 18.1. The summed E-state index contributed by atoms with van der Waals surface area (Å²) >= 11 is 0. The molecule has 0 aromatic heterocycles. The summed E-state index contributed by atoms with van der Waals surface area (Å²) in [7, 11) is 0. The average molecular weight is 713 g/mol. The van der Waals surface area contributed by atoms with Crippen LogP contribution in [0.3, 0.4) is 0 Å². The van der Waals surface area contributed by atoms with Gasteiger partial charge in [0.1, 0.15) is 0 Å². The normalized spacial score (nSPS) is 20.5. The molecule has 2 aliphatic heterocycles. The van der Waals surface area contributed by atoms with Crippen LogP contribution in [0.15, 0.2) is 127 Å². The number of ether oxygens (including phenoxy) is 2. The highest BCUT2D eigenvalue weighted by molar-refractivity contribution is 5.94. The summed E-state index contributed by atoms with van der Waals surface area (Å²) in [6.07, 6.45) is -0.924. The first kappa shape index (κ1) is 36.0. The number of aliphatic hydroxyl groups is 1. The third-order valence-corrected chi connectivity index (χ3v) is 10.3. The van der Waals surface area contributed by atoms with Crippen molar-refractivity contribution in [1.82, 2.24) is 10.2 Å². The highest BCUT2D eigenvalue weighted by Crippen LogP contribution is 2.42. The van der Waals surface area contributed by atoms with Crippen molar-refractivity contribution in [2.24, 2.45) is 5.92 Å². The van der Waals surface area contributed by atoms with E-state index in [9.17, 15) is 20.0 Å². The Hall–Kier alpha value is -5.39. The molecule has 2 aliphatic rings. The molecule has 10 nitrogen and oxygen atoms in total. The third kappa shape index (κ3) is 8.48. The number of piperazine rings is 1. The predicted octanol–water partition coefficient (Wildman–Crippen LogP) is 7.30. The second-order valence-electron chi connectivity index (χ2n) is 13.7. The molecule has 0 bridgehead atoms. The van der Waals surface area contributed by atoms with Crippen LogP contribution in [0.5, 0.6) is 0 Å². The Morgan fingerprint density at radius 3 is 2.15 bits per heavy atom. The van der Waals surface area contributed by atoms with Gasteiger partial charge in [-0.1, -0.05) is 97.9 Å². The van der Waals surface area contributed by atoms with Crippen LogP contribution in [0.4, 0.5) is 11.4 Å². The SMILES string of the molecule is C[C@@H]1[C@H](CN2CCN(c3ccc([N+](=O)[O-])cc3)CC2)O[C@H](c2ccc(-c3ccccc3CNC(=O)c3ccccc3)cc2)O[C@@H]1c1ccc(CO)cc1. The molecule has 5 aromatic carbocycles. The number of aliphatic hydroxyl groups excluding tert-OH is 1. The van der Waals surface area contributed by atoms with Gasteiger partial charge in [-0.15, -0.1) is 0 Å². The average Bonchev–Trinajstić information content (AvgIpc) is 3.21. The Balaban J connectivity index is 1.06. The lowest BCUT2D eigenvalue weighted by atomic mass is 9.89. The molecule has 0 saturated carbocycles. The fourth-order valence-electron chi connectivity index (χ4n) is 7.20. The van der Waals surface area contributed by atoms with Gasteiger partial charge in [-0.2, -0.15) is 0 Å². The van der Waals surface area contributed by atoms with E-state index in [0.29, 0.717) is 12.1 Å². The number of hydrogen-bond donors (Lipinski definition) is 2. The lowest BCUT2D eigenvalue weighted by Gasteiger charge is -2.44. The summed E-state index contributed by atoms with van der Waals surface area (Å²) in [6, 6.07) is 40.3. The molecule has 2 fully saturated rings. The van der Waals surface area contributed by atoms with Crippen molar-refractivity contribution in [3.8, 4) is 11.1 Å². The Morgan fingerprint density at radius 2 is 1.47 bits per heavy atom. The van der Waals surface area contributed by atoms with Crippen LogP contribution in [0, 0.1) is 16.0 Å². The van der Waals surface area contributed by atoms with E-state index < -0.39 is 6.29 Å². The van der Waals surface area contributed by atoms with Crippen molar-refractivity contribution in [2.45, 2.75) is 38.6 Å². The minimum absolute atomic E-state index is 0.0174. The second kappa shape index (κ2) is 16.5. The number of benzene rings is 5. The molecule has 7 rings (SSSR count). The number of non-ortho nitro benzene ring substituents is 1. The van der Waals surface area contributed by atoms with E-state index in [0.717, 1.165) is 71.8 Å². The number of amides is 1. The molecule has 10 heteroatoms. The molecular formula is C43H44N4O6. The van der Waals surface area contributed by atoms with Gasteiger partial charge in [0.15, 0.2) is 6.29 Å². The Bertz CT molecular complexity index is 1980. The topological polar surface area (TPSA) is 117 Å². The van der Waals surface area contributed by atoms with Gasteiger partial charge in [0.2, 0.25) is 0 Å². The maximum atomic E-state index is 12.8. The molecule has 0 radical (unpaired) electrons. The standard InChI is InChI=1S/C43H44N4O6/c1-30-40(28-45-23-25-46(26-24-45)37-19-21-38(22-20-37)47(50)51)52-43(53-41(30)33-13-11-31(29-48)12-14-33)35-17-15-32(16-18-35)39-10-6-5-9-36(39)27-44-42(49)34-7-3-2-4-8-34/h2-22,30,40-41,43,48H,23-29H2,1H3,(H,44,49)/t30-,40+,41+,43+/m1/s1. The summed E-state index contributed by atoms with van der Waals surface area (Å²) in [5.74, 6) is -0.0609. The molecule has 4 atom stereocenters. The van der Waals surface area contributed by atoms with Crippen LogP contribution in [0.25, 0.3) is 11.1 Å². The largest absolute Gasteiger partial charge is 0.392 e. The molecule has 2 saturated heterocycles. The molecule has 1 amide bonds. The second-order valence-corrected chi connectivity index (χ2v) is 13.7. The molecule has 5 aromatic rings. The van der Waals surface area contributed by atoms with Crippen LogP contribution < -0.4 is 10.2 Å². The summed E-state index contributed by atoms with van der Waals surface area (Å²) < 4.78 is 13.5. The van der Waals surface area contributed by atoms with Crippen LogP contribution in [-0.2, 0) is 22.6 Å². The Labute approximate surface area is 309 Å². The van der Waals surface area contributed by atoms with Crippen molar-refractivity contribution < 1.29 is 24.3 Å². The number of carbonyl (C=O) groups excluding carboxylic acids is 1. The maximum absolute atomic E-state index is 12.8. The van der Waals surface area contributed by atoms with Crippen molar-refractivity contribution in [3.05, 3.63) is 165 Å². The summed E-state index contributed by atoms with van der Waals surface area (Å²) in [5, 5.41) is 23.8. The Kier molecular flexibility index (Phi) is 11.2. The minimum Gasteiger partial charge on any atom is -0.392 e. The molecule has 0 unspecified atom stereocenters. The van der Waals surface area contributed by atoms with Crippen molar-refractivity contribution >= 4 is 17.3 Å². The van der Waals surface area contributed by atoms with Crippen LogP contribution in [-0.4, -0.2) is 59.7 Å². The van der Waals surface area contributed by atoms with E-state index in [1.54, 1.807) is 24.3 Å². The number of hydrogen-bond acceptors (Lipinski definition) is 8. The van der Waals surface area contributed by atoms with Gasteiger partial charge < -0.3 is 24.8 Å². The van der Waals surface area contributed by atoms with Crippen molar-refractivity contribution in [3.63, 3.8) is 0 Å². The van der Waals surface area contributed by atoms with E-state index in [2.05, 4.69) is 52.4 Å². The number of nitro benzene ring substituents is 1. The smallest absolute Gasteiger partial charge is 0.269 e. The van der Waals surface area contributed by atoms with E-state index in [1.165, 1.54) is 0 Å². The highest BCUT2D eigenvalue weighted by Gasteiger charge is 2.39. The zero-order chi connectivity index (χ0) is 36.7. The fourth-order valence-corrected chi connectivity index (χ4v) is 7.20. The molecule has 2 heterocycles. The Morgan fingerprint density at radius 1 is 0.811 bits per heavy atom. The lowest BCUT2D eigenvalue weighted by molar-refractivity contribution is -0.384. The van der Waals surface area contributed by atoms with Gasteiger partial charge in [-0.3, -0.25) is 19.8 Å². The fraction of sp³-hybridized carbons (Fsp3) is 0.279. The van der Waals surface area contributed by atoms with E-state index in [-0.39, 0.29) is 41.3 Å². The van der Waals surface area contributed by atoms with Crippen LogP contribution in [0.2, 0.25) is 0 Å². The number of anilines is 1. The first-order chi connectivity index (χ1) is 25.9. The third-order valence-electron chi connectivity index (χ3n) is 10.3. The van der Waals surface area contributed by atoms with Gasteiger partial charge in [0.25, 0.3) is 11.6 Å². The summed E-state index contributed by atoms with van der Waals surface area (Å²) in [5.41, 5.74) is 7.60. The molecular weight excluding hydrogens is 668 g/mol. The number of carbonyl (C=O) groups is 1. The monoisotopic (exact) mass is 712 g/mol. The quantitative estimate of drug-likeness (QED) is 0.108. The van der Waals surface area contributed by atoms with Gasteiger partial charge in [-0.05, 0) is 52.1 Å². The molecule has 0 spiro atoms. The van der Waals surface area contributed by atoms with Crippen LogP contribution >= 0.6 is 0 Å². The maximum Gasteiger partial charge on any atom is 0.269 e. The number of nitrogens with zero attached hydrogens (tertiary/aromatic N) is 3. The lowest BCUT2D eigenvalue weighted by Crippen LogP contribution is -2.51. The zero-order valence-electron chi connectivity index (χ0n) is 29.7. The minimum atomic E-state index is -0.588.